The largest absolute Gasteiger partial charge is 0.354 e. The Morgan fingerprint density at radius 1 is 1.22 bits per heavy atom. The average molecular weight is 250 g/mol. The number of nitrogens with one attached hydrogen (secondary N) is 1. The van der Waals surface area contributed by atoms with Gasteiger partial charge in [0.25, 0.3) is 0 Å². The molecule has 0 aromatic carbocycles. The van der Waals surface area contributed by atoms with Gasteiger partial charge in [-0.3, -0.25) is 4.79 Å². The molecule has 3 N–H and O–H groups in total. The van der Waals surface area contributed by atoms with Gasteiger partial charge in [-0.1, -0.05) is 13.8 Å². The summed E-state index contributed by atoms with van der Waals surface area (Å²) in [5.41, 5.74) is 6.02. The third kappa shape index (κ3) is 1.78. The lowest BCUT2D eigenvalue weighted by Crippen LogP contribution is -2.49. The predicted octanol–water partition coefficient (Wildman–Crippen LogP) is 1.91. The van der Waals surface area contributed by atoms with Gasteiger partial charge in [-0.05, 0) is 55.8 Å². The van der Waals surface area contributed by atoms with E-state index in [2.05, 4.69) is 19.2 Å². The van der Waals surface area contributed by atoms with E-state index in [1.54, 1.807) is 0 Å². The summed E-state index contributed by atoms with van der Waals surface area (Å²) in [6.45, 7) is 4.84. The van der Waals surface area contributed by atoms with Crippen molar-refractivity contribution >= 4 is 5.91 Å². The summed E-state index contributed by atoms with van der Waals surface area (Å²) in [6, 6.07) is 0. The number of rotatable bonds is 5. The molecule has 3 aliphatic carbocycles. The maximum atomic E-state index is 12.2. The molecule has 0 aliphatic heterocycles. The highest BCUT2D eigenvalue weighted by Crippen LogP contribution is 2.69. The van der Waals surface area contributed by atoms with Crippen LogP contribution in [0.2, 0.25) is 0 Å². The van der Waals surface area contributed by atoms with Crippen molar-refractivity contribution in [2.75, 3.05) is 6.54 Å². The van der Waals surface area contributed by atoms with E-state index in [0.29, 0.717) is 18.4 Å². The van der Waals surface area contributed by atoms with Gasteiger partial charge < -0.3 is 11.1 Å². The molecule has 2 bridgehead atoms. The molecule has 0 radical (unpaired) electrons. The molecule has 3 heteroatoms. The second-order valence-electron chi connectivity index (χ2n) is 6.80. The summed E-state index contributed by atoms with van der Waals surface area (Å²) >= 11 is 0. The summed E-state index contributed by atoms with van der Waals surface area (Å²) in [5, 5.41) is 3.12. The predicted molar refractivity (Wildman–Crippen MR) is 71.8 cm³/mol. The molecule has 0 spiro atoms. The van der Waals surface area contributed by atoms with Crippen molar-refractivity contribution in [1.29, 1.82) is 0 Å². The Morgan fingerprint density at radius 2 is 1.78 bits per heavy atom. The first-order valence-electron chi connectivity index (χ1n) is 7.66. The summed E-state index contributed by atoms with van der Waals surface area (Å²) < 4.78 is 0. The van der Waals surface area contributed by atoms with Crippen LogP contribution in [0.3, 0.4) is 0 Å². The Bertz CT molecular complexity index is 334. The molecule has 3 saturated carbocycles. The van der Waals surface area contributed by atoms with Crippen LogP contribution < -0.4 is 11.1 Å². The number of carbonyl (C=O) groups excluding carboxylic acids is 1. The smallest absolute Gasteiger partial charge is 0.223 e. The van der Waals surface area contributed by atoms with Gasteiger partial charge in [0.15, 0.2) is 0 Å². The molecule has 3 fully saturated rings. The van der Waals surface area contributed by atoms with E-state index >= 15 is 0 Å². The first-order chi connectivity index (χ1) is 8.59. The quantitative estimate of drug-likeness (QED) is 0.783. The third-order valence-corrected chi connectivity index (χ3v) is 6.06. The molecular weight excluding hydrogens is 224 g/mol. The number of fused-ring (bicyclic) bond motifs is 5. The molecule has 4 atom stereocenters. The molecule has 1 amide bonds. The molecule has 3 rings (SSSR count). The highest BCUT2D eigenvalue weighted by Gasteiger charge is 2.67. The number of hydrogen-bond donors (Lipinski definition) is 2. The van der Waals surface area contributed by atoms with Crippen LogP contribution in [0.15, 0.2) is 0 Å². The van der Waals surface area contributed by atoms with Crippen LogP contribution in [0.1, 0.15) is 46.0 Å². The van der Waals surface area contributed by atoms with Crippen molar-refractivity contribution in [3.05, 3.63) is 0 Å². The Kier molecular flexibility index (Phi) is 2.92. The van der Waals surface area contributed by atoms with Crippen molar-refractivity contribution < 1.29 is 4.79 Å². The molecule has 3 aliphatic rings. The molecule has 4 unspecified atom stereocenters. The van der Waals surface area contributed by atoms with Crippen molar-refractivity contribution in [3.63, 3.8) is 0 Å². The van der Waals surface area contributed by atoms with Crippen LogP contribution in [-0.4, -0.2) is 18.0 Å². The lowest BCUT2D eigenvalue weighted by molar-refractivity contribution is -0.123. The van der Waals surface area contributed by atoms with E-state index in [4.69, 9.17) is 5.73 Å². The first kappa shape index (κ1) is 12.5. The number of nitrogens with two attached hydrogens (primary N) is 1. The van der Waals surface area contributed by atoms with Crippen molar-refractivity contribution in [2.24, 2.45) is 35.3 Å². The second kappa shape index (κ2) is 4.22. The zero-order valence-electron chi connectivity index (χ0n) is 11.6. The zero-order chi connectivity index (χ0) is 12.9. The van der Waals surface area contributed by atoms with Crippen molar-refractivity contribution in [1.82, 2.24) is 5.32 Å². The molecule has 18 heavy (non-hydrogen) atoms. The van der Waals surface area contributed by atoms with Gasteiger partial charge >= 0.3 is 0 Å². The van der Waals surface area contributed by atoms with Gasteiger partial charge in [-0.25, -0.2) is 0 Å². The maximum absolute atomic E-state index is 12.2. The topological polar surface area (TPSA) is 55.1 Å². The highest BCUT2D eigenvalue weighted by molar-refractivity contribution is 5.82. The summed E-state index contributed by atoms with van der Waals surface area (Å²) in [6.07, 6.45) is 6.00. The SMILES string of the molecule is CCC(N)(CC)CNC(=O)C1C2C3CCC(C3)C12. The van der Waals surface area contributed by atoms with E-state index in [9.17, 15) is 4.79 Å². The van der Waals surface area contributed by atoms with Gasteiger partial charge in [0.1, 0.15) is 0 Å². The Morgan fingerprint density at radius 3 is 2.28 bits per heavy atom. The minimum absolute atomic E-state index is 0.210. The highest BCUT2D eigenvalue weighted by atomic mass is 16.2. The molecule has 0 heterocycles. The van der Waals surface area contributed by atoms with E-state index in [1.807, 2.05) is 0 Å². The van der Waals surface area contributed by atoms with Crippen LogP contribution in [0.4, 0.5) is 0 Å². The Labute approximate surface area is 110 Å². The van der Waals surface area contributed by atoms with Crippen LogP contribution in [0, 0.1) is 29.6 Å². The van der Waals surface area contributed by atoms with Gasteiger partial charge in [-0.2, -0.15) is 0 Å². The zero-order valence-corrected chi connectivity index (χ0v) is 11.6. The Balaban J connectivity index is 1.52. The minimum Gasteiger partial charge on any atom is -0.354 e. The number of hydrogen-bond acceptors (Lipinski definition) is 2. The molecular formula is C15H26N2O. The lowest BCUT2D eigenvalue weighted by Gasteiger charge is -2.27. The van der Waals surface area contributed by atoms with Gasteiger partial charge in [0.2, 0.25) is 5.91 Å². The summed E-state index contributed by atoms with van der Waals surface area (Å²) in [7, 11) is 0. The monoisotopic (exact) mass is 250 g/mol. The van der Waals surface area contributed by atoms with E-state index in [0.717, 1.165) is 36.5 Å². The minimum atomic E-state index is -0.210. The average Bonchev–Trinajstić information content (AvgIpc) is 2.84. The van der Waals surface area contributed by atoms with Gasteiger partial charge in [-0.15, -0.1) is 0 Å². The fourth-order valence-electron chi connectivity index (χ4n) is 4.56. The Hall–Kier alpha value is -0.570. The maximum Gasteiger partial charge on any atom is 0.223 e. The number of carbonyl (C=O) groups is 1. The second-order valence-corrected chi connectivity index (χ2v) is 6.80. The molecule has 0 aromatic rings. The van der Waals surface area contributed by atoms with Crippen LogP contribution >= 0.6 is 0 Å². The van der Waals surface area contributed by atoms with E-state index in [-0.39, 0.29) is 5.54 Å². The van der Waals surface area contributed by atoms with Gasteiger partial charge in [0.05, 0.1) is 0 Å². The van der Waals surface area contributed by atoms with Crippen molar-refractivity contribution in [3.8, 4) is 0 Å². The molecule has 0 aromatic heterocycles. The van der Waals surface area contributed by atoms with Crippen LogP contribution in [-0.2, 0) is 4.79 Å². The normalized spacial score (nSPS) is 40.7. The fourth-order valence-corrected chi connectivity index (χ4v) is 4.56. The number of amides is 1. The van der Waals surface area contributed by atoms with Crippen molar-refractivity contribution in [2.45, 2.75) is 51.5 Å². The lowest BCUT2D eigenvalue weighted by atomic mass is 9.94. The summed E-state index contributed by atoms with van der Waals surface area (Å²) in [4.78, 5) is 12.2. The standard InChI is InChI=1S/C15H26N2O/c1-3-15(16,4-2)8-17-14(18)13-11-9-5-6-10(7-9)12(11)13/h9-13H,3-8,16H2,1-2H3,(H,17,18). The van der Waals surface area contributed by atoms with Gasteiger partial charge in [0, 0.05) is 18.0 Å². The fraction of sp³-hybridized carbons (Fsp3) is 0.933. The first-order valence-corrected chi connectivity index (χ1v) is 7.66. The molecule has 102 valence electrons. The van der Waals surface area contributed by atoms with E-state index in [1.165, 1.54) is 19.3 Å². The van der Waals surface area contributed by atoms with Crippen LogP contribution in [0.5, 0.6) is 0 Å². The molecule has 3 nitrogen and oxygen atoms in total. The summed E-state index contributed by atoms with van der Waals surface area (Å²) in [5.74, 6) is 3.84. The third-order valence-electron chi connectivity index (χ3n) is 6.06. The van der Waals surface area contributed by atoms with E-state index < -0.39 is 0 Å². The molecule has 0 saturated heterocycles. The van der Waals surface area contributed by atoms with Crippen LogP contribution in [0.25, 0.3) is 0 Å².